The first kappa shape index (κ1) is 17.2. The molecule has 128 valence electrons. The fourth-order valence-electron chi connectivity index (χ4n) is 2.51. The van der Waals surface area contributed by atoms with E-state index in [1.54, 1.807) is 17.0 Å². The third-order valence-electron chi connectivity index (χ3n) is 3.51. The van der Waals surface area contributed by atoms with Gasteiger partial charge in [-0.05, 0) is 50.6 Å². The molecule has 1 saturated heterocycles. The van der Waals surface area contributed by atoms with Crippen molar-refractivity contribution in [1.82, 2.24) is 5.32 Å². The molecule has 0 atom stereocenters. The standard InChI is InChI=1S/C20H20ClN3O/c1-20(2,3)23-19-22-17(12-14-8-5-4-6-9-14)18(25)24(19)16-11-7-10-15(21)13-16/h4-13H,1-3H3,(H,22,23). The van der Waals surface area contributed by atoms with Gasteiger partial charge in [0.1, 0.15) is 5.70 Å². The largest absolute Gasteiger partial charge is 0.321 e. The lowest BCUT2D eigenvalue weighted by atomic mass is 10.1. The molecule has 1 fully saturated rings. The Kier molecular flexibility index (Phi) is 4.64. The highest BCUT2D eigenvalue weighted by Crippen LogP contribution is 2.26. The first-order chi connectivity index (χ1) is 11.8. The summed E-state index contributed by atoms with van der Waals surface area (Å²) in [4.78, 5) is 19.2. The van der Waals surface area contributed by atoms with Crippen LogP contribution in [0.4, 0.5) is 5.69 Å². The Morgan fingerprint density at radius 2 is 1.80 bits per heavy atom. The van der Waals surface area contributed by atoms with Crippen LogP contribution in [0.25, 0.3) is 6.08 Å². The van der Waals surface area contributed by atoms with E-state index in [9.17, 15) is 4.79 Å². The maximum atomic E-state index is 13.0. The van der Waals surface area contributed by atoms with Crippen molar-refractivity contribution >= 4 is 35.2 Å². The molecule has 3 rings (SSSR count). The van der Waals surface area contributed by atoms with Gasteiger partial charge in [-0.3, -0.25) is 4.79 Å². The summed E-state index contributed by atoms with van der Waals surface area (Å²) >= 11 is 6.11. The van der Waals surface area contributed by atoms with Gasteiger partial charge in [0.15, 0.2) is 0 Å². The van der Waals surface area contributed by atoms with Crippen molar-refractivity contribution in [2.45, 2.75) is 26.3 Å². The summed E-state index contributed by atoms with van der Waals surface area (Å²) in [6.07, 6.45) is 1.82. The number of halogens is 1. The molecule has 5 heteroatoms. The number of hydrogen-bond acceptors (Lipinski definition) is 2. The molecule has 1 heterocycles. The van der Waals surface area contributed by atoms with Gasteiger partial charge in [-0.25, -0.2) is 9.89 Å². The van der Waals surface area contributed by atoms with E-state index in [-0.39, 0.29) is 11.4 Å². The normalized spacial score (nSPS) is 18.1. The van der Waals surface area contributed by atoms with Crippen LogP contribution in [-0.2, 0) is 4.79 Å². The maximum Gasteiger partial charge on any atom is 0.281 e. The molecule has 1 aliphatic heterocycles. The number of rotatable bonds is 2. The minimum atomic E-state index is -0.332. The Hall–Kier alpha value is -2.59. The van der Waals surface area contributed by atoms with Gasteiger partial charge in [0.2, 0.25) is 5.96 Å². The fourth-order valence-corrected chi connectivity index (χ4v) is 2.70. The van der Waals surface area contributed by atoms with E-state index < -0.39 is 0 Å². The summed E-state index contributed by atoms with van der Waals surface area (Å²) in [5.74, 6) is 0.344. The van der Waals surface area contributed by atoms with Crippen molar-refractivity contribution in [2.75, 3.05) is 4.90 Å². The van der Waals surface area contributed by atoms with E-state index in [0.29, 0.717) is 22.4 Å². The van der Waals surface area contributed by atoms with Crippen LogP contribution >= 0.6 is 11.6 Å². The molecule has 0 unspecified atom stereocenters. The smallest absolute Gasteiger partial charge is 0.281 e. The third-order valence-corrected chi connectivity index (χ3v) is 3.75. The summed E-state index contributed by atoms with van der Waals surface area (Å²) < 4.78 is 0. The summed E-state index contributed by atoms with van der Waals surface area (Å²) in [5.41, 5.74) is 1.78. The number of hydrogen-bond donors (Lipinski definition) is 1. The van der Waals surface area contributed by atoms with Crippen LogP contribution in [0.2, 0.25) is 5.02 Å². The fraction of sp³-hybridized carbons (Fsp3) is 0.200. The van der Waals surface area contributed by atoms with Crippen LogP contribution in [0.3, 0.4) is 0 Å². The van der Waals surface area contributed by atoms with Crippen LogP contribution in [-0.4, -0.2) is 17.4 Å². The lowest BCUT2D eigenvalue weighted by Crippen LogP contribution is -2.34. The molecule has 0 bridgehead atoms. The van der Waals surface area contributed by atoms with Crippen molar-refractivity contribution in [1.29, 1.82) is 0 Å². The Balaban J connectivity index is 2.06. The number of anilines is 1. The van der Waals surface area contributed by atoms with Crippen LogP contribution in [0.1, 0.15) is 26.3 Å². The highest BCUT2D eigenvalue weighted by Gasteiger charge is 2.34. The lowest BCUT2D eigenvalue weighted by molar-refractivity contribution is -0.113. The minimum absolute atomic E-state index is 0.158. The highest BCUT2D eigenvalue weighted by atomic mass is 35.5. The highest BCUT2D eigenvalue weighted by molar-refractivity contribution is 6.32. The van der Waals surface area contributed by atoms with Crippen LogP contribution in [0.15, 0.2) is 65.3 Å². The molecule has 25 heavy (non-hydrogen) atoms. The molecule has 0 spiro atoms. The Morgan fingerprint density at radius 1 is 1.08 bits per heavy atom. The maximum absolute atomic E-state index is 13.0. The van der Waals surface area contributed by atoms with E-state index >= 15 is 0 Å². The predicted octanol–water partition coefficient (Wildman–Crippen LogP) is 4.47. The average molecular weight is 354 g/mol. The molecule has 2 aromatic carbocycles. The van der Waals surface area contributed by atoms with E-state index in [1.165, 1.54) is 0 Å². The number of aliphatic imine (C=N–C) groups is 1. The van der Waals surface area contributed by atoms with Crippen molar-refractivity contribution in [3.63, 3.8) is 0 Å². The number of carbonyl (C=O) groups excluding carboxylic acids is 1. The number of carbonyl (C=O) groups is 1. The molecular weight excluding hydrogens is 334 g/mol. The number of guanidine groups is 1. The van der Waals surface area contributed by atoms with Gasteiger partial charge in [0, 0.05) is 5.02 Å². The number of nitrogens with one attached hydrogen (secondary N) is 1. The second kappa shape index (κ2) is 6.73. The first-order valence-corrected chi connectivity index (χ1v) is 8.45. The van der Waals surface area contributed by atoms with Gasteiger partial charge in [-0.1, -0.05) is 48.0 Å². The molecule has 2 aromatic rings. The molecule has 0 aliphatic carbocycles. The van der Waals surface area contributed by atoms with Crippen molar-refractivity contribution < 1.29 is 4.79 Å². The zero-order chi connectivity index (χ0) is 18.0. The van der Waals surface area contributed by atoms with Gasteiger partial charge in [0.25, 0.3) is 5.91 Å². The molecule has 4 nitrogen and oxygen atoms in total. The Labute approximate surface area is 152 Å². The van der Waals surface area contributed by atoms with Crippen molar-refractivity contribution in [3.05, 3.63) is 70.9 Å². The first-order valence-electron chi connectivity index (χ1n) is 8.07. The molecule has 1 amide bonds. The average Bonchev–Trinajstić information content (AvgIpc) is 2.82. The minimum Gasteiger partial charge on any atom is -0.321 e. The molecule has 1 N–H and O–H groups in total. The van der Waals surface area contributed by atoms with Crippen LogP contribution < -0.4 is 10.2 Å². The van der Waals surface area contributed by atoms with Crippen molar-refractivity contribution in [3.8, 4) is 0 Å². The van der Waals surface area contributed by atoms with E-state index in [1.807, 2.05) is 69.3 Å². The summed E-state index contributed by atoms with van der Waals surface area (Å²) in [6.45, 7) is 5.96. The summed E-state index contributed by atoms with van der Waals surface area (Å²) in [7, 11) is 0. The van der Waals surface area contributed by atoms with Crippen molar-refractivity contribution in [2.24, 2.45) is 4.99 Å². The number of nitrogens with zero attached hydrogens (tertiary/aromatic N) is 2. The number of benzene rings is 2. The summed E-state index contributed by atoms with van der Waals surface area (Å²) in [6, 6.07) is 16.9. The van der Waals surface area contributed by atoms with E-state index in [0.717, 1.165) is 5.56 Å². The van der Waals surface area contributed by atoms with Gasteiger partial charge in [-0.15, -0.1) is 0 Å². The SMILES string of the molecule is CC(C)(C)N=C1NC(=Cc2ccccc2)C(=O)N1c1cccc(Cl)c1. The zero-order valence-electron chi connectivity index (χ0n) is 14.5. The second-order valence-corrected chi connectivity index (χ2v) is 7.26. The third kappa shape index (κ3) is 4.09. The molecule has 0 radical (unpaired) electrons. The Morgan fingerprint density at radius 3 is 2.44 bits per heavy atom. The molecular formula is C20H20ClN3O. The molecule has 0 saturated carbocycles. The van der Waals surface area contributed by atoms with E-state index in [2.05, 4.69) is 10.3 Å². The second-order valence-electron chi connectivity index (χ2n) is 6.82. The number of amides is 1. The lowest BCUT2D eigenvalue weighted by Gasteiger charge is -2.19. The monoisotopic (exact) mass is 353 g/mol. The van der Waals surface area contributed by atoms with Gasteiger partial charge in [-0.2, -0.15) is 0 Å². The predicted molar refractivity (Wildman–Crippen MR) is 104 cm³/mol. The van der Waals surface area contributed by atoms with Gasteiger partial charge < -0.3 is 5.32 Å². The van der Waals surface area contributed by atoms with E-state index in [4.69, 9.17) is 11.6 Å². The topological polar surface area (TPSA) is 44.7 Å². The van der Waals surface area contributed by atoms with Gasteiger partial charge >= 0.3 is 0 Å². The van der Waals surface area contributed by atoms with Crippen LogP contribution in [0, 0.1) is 0 Å². The van der Waals surface area contributed by atoms with Gasteiger partial charge in [0.05, 0.1) is 11.2 Å². The zero-order valence-corrected chi connectivity index (χ0v) is 15.2. The molecule has 1 aliphatic rings. The Bertz CT molecular complexity index is 851. The quantitative estimate of drug-likeness (QED) is 0.809. The summed E-state index contributed by atoms with van der Waals surface area (Å²) in [5, 5.41) is 3.73. The molecule has 0 aromatic heterocycles. The van der Waals surface area contributed by atoms with Crippen LogP contribution in [0.5, 0.6) is 0 Å².